The minimum Gasteiger partial charge on any atom is -0.486 e. The van der Waals surface area contributed by atoms with Crippen molar-refractivity contribution in [3.63, 3.8) is 0 Å². The van der Waals surface area contributed by atoms with E-state index in [1.54, 1.807) is 12.1 Å². The zero-order valence-corrected chi connectivity index (χ0v) is 12.4. The van der Waals surface area contributed by atoms with E-state index >= 15 is 0 Å². The summed E-state index contributed by atoms with van der Waals surface area (Å²) in [6.45, 7) is 0.578. The number of nitrogens with zero attached hydrogens (tertiary/aromatic N) is 1. The first-order valence-electron chi connectivity index (χ1n) is 6.45. The van der Waals surface area contributed by atoms with E-state index in [4.69, 9.17) is 9.15 Å². The number of nitro benzene ring substituents is 1. The zero-order chi connectivity index (χ0) is 15.9. The molecule has 0 aliphatic carbocycles. The highest BCUT2D eigenvalue weighted by Gasteiger charge is 2.11. The van der Waals surface area contributed by atoms with Gasteiger partial charge in [0, 0.05) is 24.4 Å². The van der Waals surface area contributed by atoms with Gasteiger partial charge in [-0.3, -0.25) is 14.9 Å². The standard InChI is InChI=1S/C14H14N2O5S/c17-14(15-7-8-22)13-6-5-12(21-13)9-20-11-3-1-10(2-4-11)16(18)19/h1-6,22H,7-9H2,(H,15,17). The summed E-state index contributed by atoms with van der Waals surface area (Å²) in [4.78, 5) is 21.7. The first-order valence-corrected chi connectivity index (χ1v) is 7.08. The van der Waals surface area contributed by atoms with E-state index in [0.717, 1.165) is 0 Å². The molecule has 1 heterocycles. The average Bonchev–Trinajstić information content (AvgIpc) is 3.00. The highest BCUT2D eigenvalue weighted by molar-refractivity contribution is 7.80. The van der Waals surface area contributed by atoms with Gasteiger partial charge < -0.3 is 14.5 Å². The smallest absolute Gasteiger partial charge is 0.287 e. The van der Waals surface area contributed by atoms with Crippen LogP contribution in [0.5, 0.6) is 5.75 Å². The van der Waals surface area contributed by atoms with Gasteiger partial charge in [-0.05, 0) is 24.3 Å². The van der Waals surface area contributed by atoms with Crippen molar-refractivity contribution < 1.29 is 18.9 Å². The van der Waals surface area contributed by atoms with E-state index in [0.29, 0.717) is 23.8 Å². The maximum atomic E-state index is 11.6. The molecule has 22 heavy (non-hydrogen) atoms. The minimum absolute atomic E-state index is 0.00602. The van der Waals surface area contributed by atoms with E-state index in [-0.39, 0.29) is 24.0 Å². The molecule has 0 bridgehead atoms. The molecule has 0 aliphatic rings. The predicted octanol–water partition coefficient (Wildman–Crippen LogP) is 2.43. The lowest BCUT2D eigenvalue weighted by molar-refractivity contribution is -0.384. The van der Waals surface area contributed by atoms with Crippen molar-refractivity contribution in [2.75, 3.05) is 12.3 Å². The van der Waals surface area contributed by atoms with Crippen LogP contribution in [-0.2, 0) is 6.61 Å². The molecular formula is C14H14N2O5S. The van der Waals surface area contributed by atoms with Gasteiger partial charge in [0.05, 0.1) is 4.92 Å². The molecule has 0 atom stereocenters. The highest BCUT2D eigenvalue weighted by atomic mass is 32.1. The van der Waals surface area contributed by atoms with E-state index in [1.165, 1.54) is 24.3 Å². The van der Waals surface area contributed by atoms with Crippen LogP contribution >= 0.6 is 12.6 Å². The third kappa shape index (κ3) is 4.26. The number of nitrogens with one attached hydrogen (secondary N) is 1. The molecule has 116 valence electrons. The SMILES string of the molecule is O=C(NCCS)c1ccc(COc2ccc([N+](=O)[O-])cc2)o1. The summed E-state index contributed by atoms with van der Waals surface area (Å²) in [5.41, 5.74) is -0.00602. The Morgan fingerprint density at radius 2 is 2.00 bits per heavy atom. The minimum atomic E-state index is -0.480. The maximum absolute atomic E-state index is 11.6. The van der Waals surface area contributed by atoms with Crippen LogP contribution in [0.25, 0.3) is 0 Å². The molecule has 2 aromatic rings. The normalized spacial score (nSPS) is 10.2. The number of hydrogen-bond donors (Lipinski definition) is 2. The Bertz CT molecular complexity index is 654. The van der Waals surface area contributed by atoms with E-state index in [9.17, 15) is 14.9 Å². The molecule has 1 N–H and O–H groups in total. The van der Waals surface area contributed by atoms with E-state index in [2.05, 4.69) is 17.9 Å². The quantitative estimate of drug-likeness (QED) is 0.464. The number of ether oxygens (including phenoxy) is 1. The Hall–Kier alpha value is -2.48. The first-order chi connectivity index (χ1) is 10.6. The number of carbonyl (C=O) groups is 1. The van der Waals surface area contributed by atoms with Crippen LogP contribution in [0.15, 0.2) is 40.8 Å². The lowest BCUT2D eigenvalue weighted by Crippen LogP contribution is -2.24. The Kier molecular flexibility index (Phi) is 5.42. The molecule has 1 aromatic heterocycles. The van der Waals surface area contributed by atoms with Gasteiger partial charge in [-0.2, -0.15) is 12.6 Å². The van der Waals surface area contributed by atoms with Gasteiger partial charge in [-0.25, -0.2) is 0 Å². The molecule has 1 amide bonds. The summed E-state index contributed by atoms with van der Waals surface area (Å²) < 4.78 is 10.8. The highest BCUT2D eigenvalue weighted by Crippen LogP contribution is 2.19. The second-order valence-corrected chi connectivity index (χ2v) is 4.73. The second kappa shape index (κ2) is 7.51. The molecule has 0 spiro atoms. The van der Waals surface area contributed by atoms with Crippen molar-refractivity contribution in [1.29, 1.82) is 0 Å². The number of amides is 1. The van der Waals surface area contributed by atoms with Crippen LogP contribution in [0.3, 0.4) is 0 Å². The van der Waals surface area contributed by atoms with Crippen molar-refractivity contribution in [2.45, 2.75) is 6.61 Å². The van der Waals surface area contributed by atoms with E-state index in [1.807, 2.05) is 0 Å². The molecular weight excluding hydrogens is 308 g/mol. The van der Waals surface area contributed by atoms with Crippen LogP contribution in [0.2, 0.25) is 0 Å². The van der Waals surface area contributed by atoms with Gasteiger partial charge in [0.2, 0.25) is 0 Å². The predicted molar refractivity (Wildman–Crippen MR) is 82.3 cm³/mol. The van der Waals surface area contributed by atoms with Crippen LogP contribution in [0.4, 0.5) is 5.69 Å². The number of hydrogen-bond acceptors (Lipinski definition) is 6. The number of rotatable bonds is 7. The van der Waals surface area contributed by atoms with Crippen molar-refractivity contribution in [1.82, 2.24) is 5.32 Å². The van der Waals surface area contributed by atoms with Gasteiger partial charge in [0.1, 0.15) is 18.1 Å². The summed E-state index contributed by atoms with van der Waals surface area (Å²) in [6, 6.07) is 8.91. The third-order valence-corrected chi connectivity index (χ3v) is 2.94. The number of thiol groups is 1. The molecule has 0 unspecified atom stereocenters. The van der Waals surface area contributed by atoms with Gasteiger partial charge >= 0.3 is 0 Å². The van der Waals surface area contributed by atoms with Gasteiger partial charge in [0.15, 0.2) is 5.76 Å². The summed E-state index contributed by atoms with van der Waals surface area (Å²) in [5.74, 6) is 1.39. The van der Waals surface area contributed by atoms with Crippen molar-refractivity contribution in [3.05, 3.63) is 58.0 Å². The van der Waals surface area contributed by atoms with Gasteiger partial charge in [0.25, 0.3) is 11.6 Å². The fourth-order valence-electron chi connectivity index (χ4n) is 1.65. The molecule has 2 rings (SSSR count). The van der Waals surface area contributed by atoms with Crippen molar-refractivity contribution in [3.8, 4) is 5.75 Å². The van der Waals surface area contributed by atoms with Crippen molar-refractivity contribution in [2.24, 2.45) is 0 Å². The molecule has 0 radical (unpaired) electrons. The Balaban J connectivity index is 1.90. The molecule has 7 nitrogen and oxygen atoms in total. The van der Waals surface area contributed by atoms with Crippen LogP contribution in [-0.4, -0.2) is 23.1 Å². The first kappa shape index (κ1) is 15.9. The molecule has 0 fully saturated rings. The third-order valence-electron chi connectivity index (χ3n) is 2.71. The fourth-order valence-corrected chi connectivity index (χ4v) is 1.76. The second-order valence-electron chi connectivity index (χ2n) is 4.29. The van der Waals surface area contributed by atoms with Crippen LogP contribution in [0.1, 0.15) is 16.3 Å². The number of non-ortho nitro benzene ring substituents is 1. The van der Waals surface area contributed by atoms with Gasteiger partial charge in [-0.1, -0.05) is 0 Å². The number of benzene rings is 1. The lowest BCUT2D eigenvalue weighted by Gasteiger charge is -2.03. The molecule has 0 saturated carbocycles. The lowest BCUT2D eigenvalue weighted by atomic mass is 10.3. The summed E-state index contributed by atoms with van der Waals surface area (Å²) in [6.07, 6.45) is 0. The van der Waals surface area contributed by atoms with Crippen molar-refractivity contribution >= 4 is 24.2 Å². The largest absolute Gasteiger partial charge is 0.486 e. The Morgan fingerprint density at radius 3 is 2.64 bits per heavy atom. The summed E-state index contributed by atoms with van der Waals surface area (Å²) in [7, 11) is 0. The van der Waals surface area contributed by atoms with Gasteiger partial charge in [-0.15, -0.1) is 0 Å². The van der Waals surface area contributed by atoms with E-state index < -0.39 is 4.92 Å². The average molecular weight is 322 g/mol. The molecule has 1 aromatic carbocycles. The summed E-state index contributed by atoms with van der Waals surface area (Å²) in [5, 5.41) is 13.2. The van der Waals surface area contributed by atoms with Crippen LogP contribution < -0.4 is 10.1 Å². The fraction of sp³-hybridized carbons (Fsp3) is 0.214. The number of carbonyl (C=O) groups excluding carboxylic acids is 1. The maximum Gasteiger partial charge on any atom is 0.287 e. The molecule has 0 saturated heterocycles. The Morgan fingerprint density at radius 1 is 1.27 bits per heavy atom. The molecule has 0 aliphatic heterocycles. The van der Waals surface area contributed by atoms with Crippen LogP contribution in [0, 0.1) is 10.1 Å². The topological polar surface area (TPSA) is 94.6 Å². The number of nitro groups is 1. The number of furan rings is 1. The summed E-state index contributed by atoms with van der Waals surface area (Å²) >= 11 is 4.00. The Labute approximate surface area is 131 Å². The molecule has 8 heteroatoms. The monoisotopic (exact) mass is 322 g/mol. The zero-order valence-electron chi connectivity index (χ0n) is 11.5.